The molecule has 0 heterocycles. The maximum Gasteiger partial charge on any atom is 0.0559 e. The number of benzene rings is 1. The van der Waals surface area contributed by atoms with Crippen LogP contribution in [0.5, 0.6) is 0 Å². The topological polar surface area (TPSA) is 32.3 Å². The van der Waals surface area contributed by atoms with Crippen LogP contribution < -0.4 is 5.32 Å². The Morgan fingerprint density at radius 3 is 2.47 bits per heavy atom. The van der Waals surface area contributed by atoms with E-state index in [4.69, 9.17) is 0 Å². The van der Waals surface area contributed by atoms with Crippen molar-refractivity contribution >= 4 is 5.69 Å². The Hall–Kier alpha value is -1.02. The normalized spacial score (nSPS) is 25.9. The molecule has 2 heteroatoms. The monoisotopic (exact) mass is 233 g/mol. The summed E-state index contributed by atoms with van der Waals surface area (Å²) in [5.74, 6) is 0.397. The number of para-hydroxylation sites is 1. The van der Waals surface area contributed by atoms with Crippen LogP contribution in [0.2, 0.25) is 0 Å². The molecule has 1 aliphatic rings. The van der Waals surface area contributed by atoms with Crippen LogP contribution in [0.15, 0.2) is 18.2 Å². The fourth-order valence-corrected chi connectivity index (χ4v) is 2.97. The van der Waals surface area contributed by atoms with Crippen LogP contribution >= 0.6 is 0 Å². The minimum Gasteiger partial charge on any atom is -0.393 e. The van der Waals surface area contributed by atoms with Crippen LogP contribution in [0.3, 0.4) is 0 Å². The van der Waals surface area contributed by atoms with Gasteiger partial charge in [0.2, 0.25) is 0 Å². The molecule has 0 bridgehead atoms. The van der Waals surface area contributed by atoms with Gasteiger partial charge in [0.25, 0.3) is 0 Å². The molecular weight excluding hydrogens is 210 g/mol. The minimum atomic E-state index is -0.209. The van der Waals surface area contributed by atoms with E-state index in [1.165, 1.54) is 29.7 Å². The average Bonchev–Trinajstić information content (AvgIpc) is 2.72. The summed E-state index contributed by atoms with van der Waals surface area (Å²) in [6.45, 7) is 6.19. The van der Waals surface area contributed by atoms with Crippen molar-refractivity contribution < 1.29 is 5.11 Å². The summed E-state index contributed by atoms with van der Waals surface area (Å²) in [4.78, 5) is 0. The lowest BCUT2D eigenvalue weighted by Gasteiger charge is -2.26. The molecule has 0 aliphatic heterocycles. The highest BCUT2D eigenvalue weighted by molar-refractivity contribution is 5.57. The van der Waals surface area contributed by atoms with E-state index >= 15 is 0 Å². The number of aryl methyl sites for hydroxylation is 2. The zero-order chi connectivity index (χ0) is 12.4. The average molecular weight is 233 g/mol. The molecule has 0 radical (unpaired) electrons. The third-order valence-electron chi connectivity index (χ3n) is 4.00. The number of anilines is 1. The fourth-order valence-electron chi connectivity index (χ4n) is 2.97. The van der Waals surface area contributed by atoms with Crippen LogP contribution in [-0.2, 0) is 0 Å². The molecule has 1 aromatic carbocycles. The lowest BCUT2D eigenvalue weighted by Crippen LogP contribution is -2.31. The fraction of sp³-hybridized carbons (Fsp3) is 0.600. The van der Waals surface area contributed by atoms with Gasteiger partial charge in [-0.15, -0.1) is 0 Å². The van der Waals surface area contributed by atoms with Gasteiger partial charge in [-0.2, -0.15) is 0 Å². The molecule has 2 rings (SSSR count). The van der Waals surface area contributed by atoms with E-state index in [2.05, 4.69) is 37.4 Å². The largest absolute Gasteiger partial charge is 0.393 e. The van der Waals surface area contributed by atoms with Crippen LogP contribution in [0, 0.1) is 19.8 Å². The molecule has 1 fully saturated rings. The van der Waals surface area contributed by atoms with Crippen molar-refractivity contribution in [1.82, 2.24) is 0 Å². The number of rotatable bonds is 3. The van der Waals surface area contributed by atoms with Crippen molar-refractivity contribution in [1.29, 1.82) is 0 Å². The molecular formula is C15H23NO. The molecule has 3 unspecified atom stereocenters. The molecule has 17 heavy (non-hydrogen) atoms. The predicted octanol–water partition coefficient (Wildman–Crippen LogP) is 3.26. The molecule has 3 atom stereocenters. The molecule has 94 valence electrons. The van der Waals surface area contributed by atoms with Gasteiger partial charge < -0.3 is 10.4 Å². The van der Waals surface area contributed by atoms with Crippen LogP contribution in [0.25, 0.3) is 0 Å². The van der Waals surface area contributed by atoms with Crippen LogP contribution in [0.4, 0.5) is 5.69 Å². The third kappa shape index (κ3) is 2.63. The Morgan fingerprint density at radius 1 is 1.24 bits per heavy atom. The molecule has 0 saturated heterocycles. The number of hydrogen-bond acceptors (Lipinski definition) is 2. The summed E-state index contributed by atoms with van der Waals surface area (Å²) in [5, 5.41) is 13.4. The molecule has 2 nitrogen and oxygen atoms in total. The van der Waals surface area contributed by atoms with Gasteiger partial charge in [0.1, 0.15) is 0 Å². The number of aliphatic hydroxyl groups is 1. The smallest absolute Gasteiger partial charge is 0.0559 e. The van der Waals surface area contributed by atoms with E-state index < -0.39 is 0 Å². The summed E-state index contributed by atoms with van der Waals surface area (Å²) in [7, 11) is 0. The second kappa shape index (κ2) is 5.09. The van der Waals surface area contributed by atoms with E-state index in [1.54, 1.807) is 0 Å². The predicted molar refractivity (Wildman–Crippen MR) is 72.3 cm³/mol. The van der Waals surface area contributed by atoms with Gasteiger partial charge in [0.15, 0.2) is 0 Å². The van der Waals surface area contributed by atoms with E-state index in [0.29, 0.717) is 12.0 Å². The van der Waals surface area contributed by atoms with Crippen LogP contribution in [0.1, 0.15) is 37.3 Å². The van der Waals surface area contributed by atoms with Crippen molar-refractivity contribution in [2.75, 3.05) is 5.32 Å². The zero-order valence-corrected chi connectivity index (χ0v) is 11.0. The second-order valence-corrected chi connectivity index (χ2v) is 5.35. The molecule has 0 aromatic heterocycles. The highest BCUT2D eigenvalue weighted by atomic mass is 16.3. The molecule has 2 N–H and O–H groups in total. The van der Waals surface area contributed by atoms with Crippen molar-refractivity contribution in [3.05, 3.63) is 29.3 Å². The summed E-state index contributed by atoms with van der Waals surface area (Å²) in [6.07, 6.45) is 3.32. The Morgan fingerprint density at radius 2 is 1.88 bits per heavy atom. The zero-order valence-electron chi connectivity index (χ0n) is 11.0. The first-order chi connectivity index (χ1) is 8.09. The molecule has 0 amide bonds. The first kappa shape index (κ1) is 12.4. The maximum atomic E-state index is 9.80. The van der Waals surface area contributed by atoms with Gasteiger partial charge in [0, 0.05) is 17.6 Å². The Labute approximate surface area is 104 Å². The lowest BCUT2D eigenvalue weighted by atomic mass is 9.97. The molecule has 1 saturated carbocycles. The van der Waals surface area contributed by atoms with Gasteiger partial charge in [-0.3, -0.25) is 0 Å². The quantitative estimate of drug-likeness (QED) is 0.840. The van der Waals surface area contributed by atoms with E-state index in [0.717, 1.165) is 6.42 Å². The minimum absolute atomic E-state index is 0.209. The number of aliphatic hydroxyl groups excluding tert-OH is 1. The van der Waals surface area contributed by atoms with Gasteiger partial charge in [-0.05, 0) is 44.7 Å². The summed E-state index contributed by atoms with van der Waals surface area (Å²) >= 11 is 0. The highest BCUT2D eigenvalue weighted by Crippen LogP contribution is 2.32. The standard InChI is InChI=1S/C15H23NO/c1-10-6-4-7-11(2)15(10)16-14-9-5-8-13(14)12(3)17/h4,6-7,12-14,16-17H,5,8-9H2,1-3H3. The Kier molecular flexibility index (Phi) is 3.72. The van der Waals surface area contributed by atoms with Gasteiger partial charge in [0.05, 0.1) is 6.10 Å². The first-order valence-electron chi connectivity index (χ1n) is 6.60. The van der Waals surface area contributed by atoms with E-state index in [9.17, 15) is 5.11 Å². The van der Waals surface area contributed by atoms with Crippen molar-refractivity contribution in [2.45, 2.75) is 52.2 Å². The number of nitrogens with one attached hydrogen (secondary N) is 1. The van der Waals surface area contributed by atoms with E-state index in [1.807, 2.05) is 6.92 Å². The Balaban J connectivity index is 2.15. The molecule has 1 aromatic rings. The van der Waals surface area contributed by atoms with Crippen molar-refractivity contribution in [3.8, 4) is 0 Å². The SMILES string of the molecule is Cc1cccc(C)c1NC1CCCC1C(C)O. The maximum absolute atomic E-state index is 9.80. The van der Waals surface area contributed by atoms with Crippen molar-refractivity contribution in [3.63, 3.8) is 0 Å². The van der Waals surface area contributed by atoms with E-state index in [-0.39, 0.29) is 6.10 Å². The molecule has 0 spiro atoms. The summed E-state index contributed by atoms with van der Waals surface area (Å²) < 4.78 is 0. The first-order valence-corrected chi connectivity index (χ1v) is 6.60. The van der Waals surface area contributed by atoms with Gasteiger partial charge in [-0.25, -0.2) is 0 Å². The summed E-state index contributed by atoms with van der Waals surface area (Å²) in [5.41, 5.74) is 3.84. The second-order valence-electron chi connectivity index (χ2n) is 5.35. The third-order valence-corrected chi connectivity index (χ3v) is 4.00. The van der Waals surface area contributed by atoms with Crippen LogP contribution in [-0.4, -0.2) is 17.3 Å². The van der Waals surface area contributed by atoms with Crippen molar-refractivity contribution in [2.24, 2.45) is 5.92 Å². The summed E-state index contributed by atoms with van der Waals surface area (Å²) in [6, 6.07) is 6.80. The Bertz CT molecular complexity index is 366. The number of hydrogen-bond donors (Lipinski definition) is 2. The van der Waals surface area contributed by atoms with Gasteiger partial charge in [-0.1, -0.05) is 24.6 Å². The van der Waals surface area contributed by atoms with Gasteiger partial charge >= 0.3 is 0 Å². The molecule has 1 aliphatic carbocycles. The highest BCUT2D eigenvalue weighted by Gasteiger charge is 2.30. The lowest BCUT2D eigenvalue weighted by molar-refractivity contribution is 0.123.